The van der Waals surface area contributed by atoms with E-state index in [1.807, 2.05) is 13.0 Å². The maximum atomic E-state index is 5.12. The number of hydrogen-bond donors (Lipinski definition) is 1. The van der Waals surface area contributed by atoms with Gasteiger partial charge in [-0.2, -0.15) is 0 Å². The van der Waals surface area contributed by atoms with E-state index in [1.54, 1.807) is 6.26 Å². The molecule has 0 bridgehead atoms. The Labute approximate surface area is 61.2 Å². The molecule has 1 N–H and O–H groups in total. The van der Waals surface area contributed by atoms with Gasteiger partial charge < -0.3 is 9.73 Å². The van der Waals surface area contributed by atoms with Crippen LogP contribution in [0.4, 0.5) is 0 Å². The lowest BCUT2D eigenvalue weighted by atomic mass is 10.3. The van der Waals surface area contributed by atoms with Crippen LogP contribution in [0.2, 0.25) is 0 Å². The first-order valence-electron chi connectivity index (χ1n) is 3.57. The van der Waals surface area contributed by atoms with Crippen LogP contribution in [-0.2, 0) is 6.54 Å². The highest BCUT2D eigenvalue weighted by Gasteiger charge is 1.94. The van der Waals surface area contributed by atoms with Crippen molar-refractivity contribution in [3.63, 3.8) is 0 Å². The van der Waals surface area contributed by atoms with Crippen LogP contribution in [0.25, 0.3) is 0 Å². The maximum Gasteiger partial charge on any atom is 0.101 e. The van der Waals surface area contributed by atoms with E-state index in [4.69, 9.17) is 4.42 Å². The average molecular weight is 139 g/mol. The molecule has 0 atom stereocenters. The zero-order valence-corrected chi connectivity index (χ0v) is 6.48. The number of rotatable bonds is 3. The van der Waals surface area contributed by atoms with Crippen LogP contribution >= 0.6 is 0 Å². The molecule has 0 aromatic carbocycles. The normalized spacial score (nSPS) is 10.2. The fourth-order valence-corrected chi connectivity index (χ4v) is 0.860. The molecular formula is C8H13NO. The SMILES string of the molecule is CCNCc1coc(C)c1. The molecule has 2 heteroatoms. The molecule has 0 aliphatic carbocycles. The first kappa shape index (κ1) is 7.35. The molecule has 1 aromatic rings. The number of aryl methyl sites for hydroxylation is 1. The molecule has 56 valence electrons. The minimum absolute atomic E-state index is 0.911. The molecule has 1 aromatic heterocycles. The lowest BCUT2D eigenvalue weighted by Crippen LogP contribution is -2.10. The molecule has 2 nitrogen and oxygen atoms in total. The van der Waals surface area contributed by atoms with Crippen molar-refractivity contribution in [1.29, 1.82) is 0 Å². The van der Waals surface area contributed by atoms with E-state index in [9.17, 15) is 0 Å². The fraction of sp³-hybridized carbons (Fsp3) is 0.500. The maximum absolute atomic E-state index is 5.12. The topological polar surface area (TPSA) is 25.2 Å². The average Bonchev–Trinajstić information content (AvgIpc) is 2.31. The summed E-state index contributed by atoms with van der Waals surface area (Å²) in [5, 5.41) is 3.22. The Morgan fingerprint density at radius 3 is 2.90 bits per heavy atom. The standard InChI is InChI=1S/C8H13NO/c1-3-9-5-8-4-7(2)10-6-8/h4,6,9H,3,5H2,1-2H3. The lowest BCUT2D eigenvalue weighted by molar-refractivity contribution is 0.530. The summed E-state index contributed by atoms with van der Waals surface area (Å²) in [5.41, 5.74) is 1.22. The van der Waals surface area contributed by atoms with E-state index in [-0.39, 0.29) is 0 Å². The Kier molecular flexibility index (Phi) is 2.51. The summed E-state index contributed by atoms with van der Waals surface area (Å²) in [4.78, 5) is 0. The van der Waals surface area contributed by atoms with Gasteiger partial charge in [-0.1, -0.05) is 6.92 Å². The summed E-state index contributed by atoms with van der Waals surface area (Å²) in [6, 6.07) is 2.04. The number of furan rings is 1. The smallest absolute Gasteiger partial charge is 0.101 e. The minimum atomic E-state index is 0.911. The van der Waals surface area contributed by atoms with Gasteiger partial charge in [0, 0.05) is 12.1 Å². The predicted octanol–water partition coefficient (Wildman–Crippen LogP) is 1.70. The van der Waals surface area contributed by atoms with Crippen LogP contribution in [0.3, 0.4) is 0 Å². The first-order chi connectivity index (χ1) is 4.83. The molecule has 1 heterocycles. The second kappa shape index (κ2) is 3.42. The Balaban J connectivity index is 2.42. The summed E-state index contributed by atoms with van der Waals surface area (Å²) in [6.45, 7) is 5.96. The summed E-state index contributed by atoms with van der Waals surface area (Å²) >= 11 is 0. The fourth-order valence-electron chi connectivity index (χ4n) is 0.860. The summed E-state index contributed by atoms with van der Waals surface area (Å²) < 4.78 is 5.12. The largest absolute Gasteiger partial charge is 0.469 e. The highest BCUT2D eigenvalue weighted by atomic mass is 16.3. The van der Waals surface area contributed by atoms with Crippen molar-refractivity contribution in [3.05, 3.63) is 23.7 Å². The van der Waals surface area contributed by atoms with Gasteiger partial charge >= 0.3 is 0 Å². The molecular weight excluding hydrogens is 126 g/mol. The third-order valence-electron chi connectivity index (χ3n) is 1.36. The van der Waals surface area contributed by atoms with Gasteiger partial charge in [0.2, 0.25) is 0 Å². The summed E-state index contributed by atoms with van der Waals surface area (Å²) in [7, 11) is 0. The van der Waals surface area contributed by atoms with Gasteiger partial charge in [0.1, 0.15) is 5.76 Å². The van der Waals surface area contributed by atoms with Gasteiger partial charge in [-0.25, -0.2) is 0 Å². The Hall–Kier alpha value is -0.760. The second-order valence-electron chi connectivity index (χ2n) is 2.35. The molecule has 1 rings (SSSR count). The van der Waals surface area contributed by atoms with Gasteiger partial charge in [-0.3, -0.25) is 0 Å². The molecule has 0 amide bonds. The predicted molar refractivity (Wildman–Crippen MR) is 40.8 cm³/mol. The van der Waals surface area contributed by atoms with E-state index >= 15 is 0 Å². The van der Waals surface area contributed by atoms with Crippen molar-refractivity contribution < 1.29 is 4.42 Å². The van der Waals surface area contributed by atoms with E-state index in [0.717, 1.165) is 18.8 Å². The van der Waals surface area contributed by atoms with Crippen molar-refractivity contribution in [3.8, 4) is 0 Å². The van der Waals surface area contributed by atoms with Gasteiger partial charge in [0.05, 0.1) is 6.26 Å². The molecule has 0 saturated heterocycles. The number of hydrogen-bond acceptors (Lipinski definition) is 2. The van der Waals surface area contributed by atoms with E-state index in [2.05, 4.69) is 12.2 Å². The zero-order valence-electron chi connectivity index (χ0n) is 6.48. The minimum Gasteiger partial charge on any atom is -0.469 e. The quantitative estimate of drug-likeness (QED) is 0.689. The molecule has 0 spiro atoms. The van der Waals surface area contributed by atoms with Crippen LogP contribution in [0.1, 0.15) is 18.2 Å². The Morgan fingerprint density at radius 1 is 1.60 bits per heavy atom. The monoisotopic (exact) mass is 139 g/mol. The summed E-state index contributed by atoms with van der Waals surface area (Å²) in [6.07, 6.45) is 1.79. The molecule has 0 unspecified atom stereocenters. The highest BCUT2D eigenvalue weighted by molar-refractivity contribution is 5.10. The zero-order chi connectivity index (χ0) is 7.40. The second-order valence-corrected chi connectivity index (χ2v) is 2.35. The van der Waals surface area contributed by atoms with Crippen molar-refractivity contribution in [2.45, 2.75) is 20.4 Å². The van der Waals surface area contributed by atoms with E-state index < -0.39 is 0 Å². The first-order valence-corrected chi connectivity index (χ1v) is 3.57. The Bertz CT molecular complexity index is 193. The van der Waals surface area contributed by atoms with Crippen molar-refractivity contribution in [1.82, 2.24) is 5.32 Å². The molecule has 10 heavy (non-hydrogen) atoms. The van der Waals surface area contributed by atoms with Gasteiger partial charge in [-0.15, -0.1) is 0 Å². The Morgan fingerprint density at radius 2 is 2.40 bits per heavy atom. The molecule has 0 radical (unpaired) electrons. The van der Waals surface area contributed by atoms with E-state index in [0.29, 0.717) is 0 Å². The highest BCUT2D eigenvalue weighted by Crippen LogP contribution is 2.04. The molecule has 0 fully saturated rings. The number of nitrogens with one attached hydrogen (secondary N) is 1. The molecule has 0 aliphatic heterocycles. The van der Waals surface area contributed by atoms with Crippen LogP contribution in [0.5, 0.6) is 0 Å². The van der Waals surface area contributed by atoms with Gasteiger partial charge in [0.15, 0.2) is 0 Å². The van der Waals surface area contributed by atoms with Gasteiger partial charge in [0.25, 0.3) is 0 Å². The molecule has 0 saturated carbocycles. The van der Waals surface area contributed by atoms with Crippen molar-refractivity contribution >= 4 is 0 Å². The van der Waals surface area contributed by atoms with E-state index in [1.165, 1.54) is 5.56 Å². The third kappa shape index (κ3) is 1.88. The van der Waals surface area contributed by atoms with Gasteiger partial charge in [-0.05, 0) is 19.5 Å². The lowest BCUT2D eigenvalue weighted by Gasteiger charge is -1.94. The van der Waals surface area contributed by atoms with Crippen LogP contribution < -0.4 is 5.32 Å². The van der Waals surface area contributed by atoms with Crippen LogP contribution in [0, 0.1) is 6.92 Å². The van der Waals surface area contributed by atoms with Crippen molar-refractivity contribution in [2.75, 3.05) is 6.54 Å². The molecule has 0 aliphatic rings. The van der Waals surface area contributed by atoms with Crippen LogP contribution in [-0.4, -0.2) is 6.54 Å². The van der Waals surface area contributed by atoms with Crippen LogP contribution in [0.15, 0.2) is 16.7 Å². The third-order valence-corrected chi connectivity index (χ3v) is 1.36. The van der Waals surface area contributed by atoms with Crippen molar-refractivity contribution in [2.24, 2.45) is 0 Å². The summed E-state index contributed by atoms with van der Waals surface area (Å²) in [5.74, 6) is 0.980.